The minimum atomic E-state index is -0.374. The number of furan rings is 1. The third kappa shape index (κ3) is 4.82. The molecule has 158 valence electrons. The van der Waals surface area contributed by atoms with E-state index in [0.29, 0.717) is 37.8 Å². The third-order valence-electron chi connectivity index (χ3n) is 4.60. The molecule has 3 aromatic rings. The number of carbonyl (C=O) groups is 2. The first-order chi connectivity index (χ1) is 14.9. The van der Waals surface area contributed by atoms with E-state index in [1.165, 1.54) is 4.90 Å². The van der Waals surface area contributed by atoms with Crippen LogP contribution in [0.2, 0.25) is 10.0 Å². The zero-order chi connectivity index (χ0) is 22.0. The summed E-state index contributed by atoms with van der Waals surface area (Å²) in [6, 6.07) is 16.3. The van der Waals surface area contributed by atoms with Gasteiger partial charge in [0.25, 0.3) is 11.1 Å². The average Bonchev–Trinajstić information content (AvgIpc) is 3.31. The summed E-state index contributed by atoms with van der Waals surface area (Å²) in [7, 11) is 0. The van der Waals surface area contributed by atoms with E-state index in [-0.39, 0.29) is 24.3 Å². The molecule has 2 amide bonds. The lowest BCUT2D eigenvalue weighted by molar-refractivity contribution is -0.123. The number of amides is 2. The molecule has 31 heavy (non-hydrogen) atoms. The quantitative estimate of drug-likeness (QED) is 0.373. The molecule has 0 unspecified atom stereocenters. The van der Waals surface area contributed by atoms with Crippen LogP contribution < -0.4 is 4.74 Å². The highest BCUT2D eigenvalue weighted by Gasteiger charge is 2.35. The molecule has 0 atom stereocenters. The summed E-state index contributed by atoms with van der Waals surface area (Å²) >= 11 is 13.2. The van der Waals surface area contributed by atoms with Crippen LogP contribution in [-0.2, 0) is 4.79 Å². The first-order valence-electron chi connectivity index (χ1n) is 9.41. The number of ether oxygens (including phenoxy) is 1. The molecule has 0 spiro atoms. The highest BCUT2D eigenvalue weighted by Crippen LogP contribution is 2.36. The smallest absolute Gasteiger partial charge is 0.293 e. The number of benzene rings is 2. The van der Waals surface area contributed by atoms with Crippen molar-refractivity contribution in [1.29, 1.82) is 0 Å². The highest BCUT2D eigenvalue weighted by molar-refractivity contribution is 8.18. The number of nitrogens with zero attached hydrogens (tertiary/aromatic N) is 1. The molecule has 2 aromatic carbocycles. The predicted molar refractivity (Wildman–Crippen MR) is 124 cm³/mol. The van der Waals surface area contributed by atoms with Crippen LogP contribution in [0.15, 0.2) is 63.9 Å². The summed E-state index contributed by atoms with van der Waals surface area (Å²) < 4.78 is 11.4. The van der Waals surface area contributed by atoms with Crippen molar-refractivity contribution in [2.75, 3.05) is 13.2 Å². The van der Waals surface area contributed by atoms with Gasteiger partial charge in [0, 0.05) is 11.6 Å². The summed E-state index contributed by atoms with van der Waals surface area (Å²) in [5, 5.41) is 0.471. The summed E-state index contributed by atoms with van der Waals surface area (Å²) in [5.41, 5.74) is 1.78. The number of hydrogen-bond donors (Lipinski definition) is 0. The largest absolute Gasteiger partial charge is 0.492 e. The van der Waals surface area contributed by atoms with Gasteiger partial charge in [0.05, 0.1) is 21.5 Å². The van der Waals surface area contributed by atoms with Crippen molar-refractivity contribution < 1.29 is 18.7 Å². The van der Waals surface area contributed by atoms with Gasteiger partial charge in [0.15, 0.2) is 0 Å². The minimum Gasteiger partial charge on any atom is -0.492 e. The molecule has 0 saturated carbocycles. The van der Waals surface area contributed by atoms with Gasteiger partial charge in [-0.2, -0.15) is 0 Å². The molecule has 0 N–H and O–H groups in total. The Morgan fingerprint density at radius 1 is 1.06 bits per heavy atom. The fraction of sp³-hybridized carbons (Fsp3) is 0.130. The Morgan fingerprint density at radius 2 is 1.84 bits per heavy atom. The maximum absolute atomic E-state index is 12.7. The second-order valence-electron chi connectivity index (χ2n) is 6.80. The molecule has 8 heteroatoms. The number of aryl methyl sites for hydroxylation is 1. The van der Waals surface area contributed by atoms with Crippen LogP contribution in [-0.4, -0.2) is 29.2 Å². The molecular formula is C23H17Cl2NO4S. The maximum atomic E-state index is 12.7. The summed E-state index contributed by atoms with van der Waals surface area (Å²) in [4.78, 5) is 26.4. The van der Waals surface area contributed by atoms with E-state index in [0.717, 1.165) is 17.3 Å². The van der Waals surface area contributed by atoms with Crippen LogP contribution in [0.5, 0.6) is 5.75 Å². The molecular weight excluding hydrogens is 457 g/mol. The molecule has 1 saturated heterocycles. The van der Waals surface area contributed by atoms with E-state index in [9.17, 15) is 9.59 Å². The van der Waals surface area contributed by atoms with Gasteiger partial charge >= 0.3 is 0 Å². The van der Waals surface area contributed by atoms with Crippen molar-refractivity contribution >= 4 is 52.2 Å². The normalized spacial score (nSPS) is 15.2. The van der Waals surface area contributed by atoms with E-state index < -0.39 is 0 Å². The van der Waals surface area contributed by atoms with Crippen LogP contribution in [0, 0.1) is 6.92 Å². The molecule has 5 nitrogen and oxygen atoms in total. The molecule has 0 radical (unpaired) electrons. The molecule has 0 bridgehead atoms. The number of rotatable bonds is 6. The van der Waals surface area contributed by atoms with Gasteiger partial charge in [-0.15, -0.1) is 0 Å². The standard InChI is InChI=1S/C23H17Cl2NO4S/c1-14-5-7-15(8-6-14)29-12-11-26-22(27)20(31-23(26)28)13-16-9-10-19(30-16)17-3-2-4-18(24)21(17)25/h2-10,13H,11-12H2,1H3/b20-13-. The van der Waals surface area contributed by atoms with Crippen molar-refractivity contribution in [2.24, 2.45) is 0 Å². The van der Waals surface area contributed by atoms with Gasteiger partial charge in [-0.3, -0.25) is 14.5 Å². The molecule has 1 aromatic heterocycles. The van der Waals surface area contributed by atoms with Crippen LogP contribution in [0.4, 0.5) is 4.79 Å². The van der Waals surface area contributed by atoms with Crippen LogP contribution in [0.1, 0.15) is 11.3 Å². The second kappa shape index (κ2) is 9.22. The predicted octanol–water partition coefficient (Wildman–Crippen LogP) is 6.68. The van der Waals surface area contributed by atoms with Gasteiger partial charge in [0.1, 0.15) is 23.9 Å². The first-order valence-corrected chi connectivity index (χ1v) is 11.0. The van der Waals surface area contributed by atoms with Crippen LogP contribution in [0.3, 0.4) is 0 Å². The van der Waals surface area contributed by atoms with Crippen molar-refractivity contribution in [1.82, 2.24) is 4.90 Å². The van der Waals surface area contributed by atoms with Gasteiger partial charge in [-0.25, -0.2) is 0 Å². The molecule has 1 aliphatic rings. The van der Waals surface area contributed by atoms with E-state index in [1.807, 2.05) is 31.2 Å². The van der Waals surface area contributed by atoms with E-state index in [2.05, 4.69) is 0 Å². The van der Waals surface area contributed by atoms with E-state index in [1.54, 1.807) is 36.4 Å². The molecule has 2 heterocycles. The summed E-state index contributed by atoms with van der Waals surface area (Å²) in [5.74, 6) is 1.27. The Morgan fingerprint density at radius 3 is 2.61 bits per heavy atom. The van der Waals surface area contributed by atoms with Crippen LogP contribution in [0.25, 0.3) is 17.4 Å². The minimum absolute atomic E-state index is 0.164. The Bertz CT molecular complexity index is 1170. The van der Waals surface area contributed by atoms with Crippen LogP contribution >= 0.6 is 35.0 Å². The highest BCUT2D eigenvalue weighted by atomic mass is 35.5. The SMILES string of the molecule is Cc1ccc(OCCN2C(=O)S/C(=C\c3ccc(-c4cccc(Cl)c4Cl)o3)C2=O)cc1. The van der Waals surface area contributed by atoms with Gasteiger partial charge in [0.2, 0.25) is 0 Å². The zero-order valence-electron chi connectivity index (χ0n) is 16.4. The number of thioether (sulfide) groups is 1. The lowest BCUT2D eigenvalue weighted by Gasteiger charge is -2.13. The maximum Gasteiger partial charge on any atom is 0.293 e. The molecule has 4 rings (SSSR count). The number of halogens is 2. The van der Waals surface area contributed by atoms with Gasteiger partial charge in [-0.05, 0) is 55.1 Å². The summed E-state index contributed by atoms with van der Waals surface area (Å²) in [6.45, 7) is 2.37. The lowest BCUT2D eigenvalue weighted by atomic mass is 10.2. The Kier molecular flexibility index (Phi) is 6.41. The Balaban J connectivity index is 1.43. The molecule has 1 aliphatic heterocycles. The number of imide groups is 1. The number of hydrogen-bond acceptors (Lipinski definition) is 5. The molecule has 1 fully saturated rings. The van der Waals surface area contributed by atoms with E-state index in [4.69, 9.17) is 32.4 Å². The average molecular weight is 474 g/mol. The molecule has 0 aliphatic carbocycles. The van der Waals surface area contributed by atoms with Crippen molar-refractivity contribution in [3.63, 3.8) is 0 Å². The topological polar surface area (TPSA) is 59.8 Å². The lowest BCUT2D eigenvalue weighted by Crippen LogP contribution is -2.32. The van der Waals surface area contributed by atoms with E-state index >= 15 is 0 Å². The Labute approximate surface area is 193 Å². The van der Waals surface area contributed by atoms with Gasteiger partial charge < -0.3 is 9.15 Å². The fourth-order valence-corrected chi connectivity index (χ4v) is 4.22. The number of carbonyl (C=O) groups excluding carboxylic acids is 2. The van der Waals surface area contributed by atoms with Crippen molar-refractivity contribution in [3.05, 3.63) is 80.9 Å². The zero-order valence-corrected chi connectivity index (χ0v) is 18.8. The van der Waals surface area contributed by atoms with Crippen molar-refractivity contribution in [3.8, 4) is 17.1 Å². The summed E-state index contributed by atoms with van der Waals surface area (Å²) in [6.07, 6.45) is 1.55. The first kappa shape index (κ1) is 21.6. The monoisotopic (exact) mass is 473 g/mol. The van der Waals surface area contributed by atoms with Gasteiger partial charge in [-0.1, -0.05) is 47.0 Å². The second-order valence-corrected chi connectivity index (χ2v) is 8.58. The Hall–Kier alpha value is -2.67. The fourth-order valence-electron chi connectivity index (χ4n) is 2.98. The third-order valence-corrected chi connectivity index (χ3v) is 6.32. The van der Waals surface area contributed by atoms with Crippen molar-refractivity contribution in [2.45, 2.75) is 6.92 Å².